The van der Waals surface area contributed by atoms with E-state index in [-0.39, 0.29) is 6.10 Å². The average Bonchev–Trinajstić information content (AvgIpc) is 3.10. The molecular formula is C16H26N2O2. The Morgan fingerprint density at radius 3 is 2.55 bits per heavy atom. The summed E-state index contributed by atoms with van der Waals surface area (Å²) in [5.41, 5.74) is 0. The summed E-state index contributed by atoms with van der Waals surface area (Å²) in [4.78, 5) is 16.7. The lowest BCUT2D eigenvalue weighted by Crippen LogP contribution is -2.53. The first-order valence-electron chi connectivity index (χ1n) is 8.10. The van der Waals surface area contributed by atoms with Gasteiger partial charge in [-0.05, 0) is 38.0 Å². The van der Waals surface area contributed by atoms with Crippen molar-refractivity contribution in [2.24, 2.45) is 5.92 Å². The maximum absolute atomic E-state index is 12.3. The molecule has 20 heavy (non-hydrogen) atoms. The molecule has 0 spiro atoms. The molecule has 3 rings (SSSR count). The normalized spacial score (nSPS) is 34.9. The molecule has 1 aliphatic heterocycles. The van der Waals surface area contributed by atoms with Gasteiger partial charge in [-0.3, -0.25) is 9.69 Å². The lowest BCUT2D eigenvalue weighted by Gasteiger charge is -2.39. The molecule has 112 valence electrons. The molecule has 1 saturated carbocycles. The van der Waals surface area contributed by atoms with Gasteiger partial charge in [-0.25, -0.2) is 0 Å². The highest BCUT2D eigenvalue weighted by Crippen LogP contribution is 2.26. The van der Waals surface area contributed by atoms with Gasteiger partial charge in [0, 0.05) is 38.6 Å². The Morgan fingerprint density at radius 2 is 1.95 bits per heavy atom. The zero-order valence-electron chi connectivity index (χ0n) is 12.2. The van der Waals surface area contributed by atoms with Crippen LogP contribution in [-0.2, 0) is 4.79 Å². The summed E-state index contributed by atoms with van der Waals surface area (Å²) in [7, 11) is 0. The second-order valence-corrected chi connectivity index (χ2v) is 6.45. The van der Waals surface area contributed by atoms with E-state index in [1.54, 1.807) is 0 Å². The lowest BCUT2D eigenvalue weighted by molar-refractivity contribution is -0.134. The van der Waals surface area contributed by atoms with Crippen LogP contribution in [0.2, 0.25) is 0 Å². The van der Waals surface area contributed by atoms with Crippen molar-refractivity contribution in [3.05, 3.63) is 12.2 Å². The second-order valence-electron chi connectivity index (χ2n) is 6.45. The predicted molar refractivity (Wildman–Crippen MR) is 78.3 cm³/mol. The fourth-order valence-electron chi connectivity index (χ4n) is 3.87. The van der Waals surface area contributed by atoms with Crippen LogP contribution in [0.25, 0.3) is 0 Å². The fourth-order valence-corrected chi connectivity index (χ4v) is 3.87. The summed E-state index contributed by atoms with van der Waals surface area (Å²) >= 11 is 0. The van der Waals surface area contributed by atoms with Crippen molar-refractivity contribution in [1.29, 1.82) is 0 Å². The van der Waals surface area contributed by atoms with Crippen LogP contribution >= 0.6 is 0 Å². The van der Waals surface area contributed by atoms with Gasteiger partial charge >= 0.3 is 0 Å². The Kier molecular flexibility index (Phi) is 4.41. The molecular weight excluding hydrogens is 252 g/mol. The molecule has 1 saturated heterocycles. The van der Waals surface area contributed by atoms with Gasteiger partial charge in [-0.1, -0.05) is 12.2 Å². The minimum Gasteiger partial charge on any atom is -0.391 e. The van der Waals surface area contributed by atoms with Crippen LogP contribution < -0.4 is 0 Å². The van der Waals surface area contributed by atoms with Crippen molar-refractivity contribution in [2.75, 3.05) is 26.2 Å². The number of nitrogens with zero attached hydrogens (tertiary/aromatic N) is 2. The van der Waals surface area contributed by atoms with Crippen molar-refractivity contribution < 1.29 is 9.90 Å². The second kappa shape index (κ2) is 6.27. The van der Waals surface area contributed by atoms with E-state index < -0.39 is 0 Å². The van der Waals surface area contributed by atoms with Gasteiger partial charge in [-0.15, -0.1) is 0 Å². The van der Waals surface area contributed by atoms with E-state index in [0.29, 0.717) is 24.3 Å². The number of carbonyl (C=O) groups is 1. The molecule has 0 aromatic rings. The molecule has 4 heteroatoms. The molecule has 0 unspecified atom stereocenters. The topological polar surface area (TPSA) is 43.8 Å². The van der Waals surface area contributed by atoms with Crippen molar-refractivity contribution >= 4 is 5.91 Å². The highest BCUT2D eigenvalue weighted by molar-refractivity contribution is 5.76. The van der Waals surface area contributed by atoms with Gasteiger partial charge in [0.05, 0.1) is 6.10 Å². The van der Waals surface area contributed by atoms with Crippen LogP contribution in [0.5, 0.6) is 0 Å². The predicted octanol–water partition coefficient (Wildman–Crippen LogP) is 1.40. The first kappa shape index (κ1) is 14.1. The average molecular weight is 278 g/mol. The van der Waals surface area contributed by atoms with Crippen molar-refractivity contribution in [2.45, 2.75) is 50.7 Å². The van der Waals surface area contributed by atoms with E-state index >= 15 is 0 Å². The number of aliphatic hydroxyl groups is 1. The molecule has 2 fully saturated rings. The standard InChI is InChI=1S/C16H26N2O2/c19-15-7-3-6-14(15)17-8-10-18(11-9-17)16(20)12-13-4-1-2-5-13/h1,4,13-15,19H,2-3,5-12H2/t13-,14-,15+/m1/s1. The van der Waals surface area contributed by atoms with Crippen LogP contribution in [0.1, 0.15) is 38.5 Å². The fraction of sp³-hybridized carbons (Fsp3) is 0.812. The molecule has 0 radical (unpaired) electrons. The smallest absolute Gasteiger partial charge is 0.223 e. The summed E-state index contributed by atoms with van der Waals surface area (Å²) in [6, 6.07) is 0.338. The summed E-state index contributed by atoms with van der Waals surface area (Å²) < 4.78 is 0. The first-order valence-corrected chi connectivity index (χ1v) is 8.10. The third-order valence-electron chi connectivity index (χ3n) is 5.13. The zero-order valence-corrected chi connectivity index (χ0v) is 12.2. The zero-order chi connectivity index (χ0) is 13.9. The van der Waals surface area contributed by atoms with E-state index in [0.717, 1.165) is 58.3 Å². The molecule has 2 aliphatic carbocycles. The highest BCUT2D eigenvalue weighted by Gasteiger charge is 2.33. The van der Waals surface area contributed by atoms with Gasteiger partial charge < -0.3 is 10.0 Å². The largest absolute Gasteiger partial charge is 0.391 e. The Balaban J connectivity index is 1.45. The molecule has 0 aromatic carbocycles. The van der Waals surface area contributed by atoms with E-state index in [4.69, 9.17) is 0 Å². The number of allylic oxidation sites excluding steroid dienone is 2. The number of hydrogen-bond donors (Lipinski definition) is 1. The van der Waals surface area contributed by atoms with E-state index in [1.165, 1.54) is 0 Å². The molecule has 1 amide bonds. The summed E-state index contributed by atoms with van der Waals surface area (Å²) in [5.74, 6) is 0.783. The van der Waals surface area contributed by atoms with E-state index in [1.807, 2.05) is 4.90 Å². The number of hydrogen-bond acceptors (Lipinski definition) is 3. The first-order chi connectivity index (χ1) is 9.74. The van der Waals surface area contributed by atoms with E-state index in [9.17, 15) is 9.90 Å². The monoisotopic (exact) mass is 278 g/mol. The molecule has 4 nitrogen and oxygen atoms in total. The van der Waals surface area contributed by atoms with Crippen LogP contribution in [0.15, 0.2) is 12.2 Å². The Bertz CT molecular complexity index is 375. The third kappa shape index (κ3) is 3.07. The maximum atomic E-state index is 12.3. The molecule has 3 aliphatic rings. The summed E-state index contributed by atoms with van der Waals surface area (Å²) in [5, 5.41) is 9.98. The Morgan fingerprint density at radius 1 is 1.15 bits per heavy atom. The quantitative estimate of drug-likeness (QED) is 0.794. The van der Waals surface area contributed by atoms with Gasteiger partial charge in [0.15, 0.2) is 0 Å². The number of carbonyl (C=O) groups excluding carboxylic acids is 1. The molecule has 0 aromatic heterocycles. The van der Waals surface area contributed by atoms with Crippen LogP contribution in [-0.4, -0.2) is 59.1 Å². The van der Waals surface area contributed by atoms with Crippen LogP contribution in [0.3, 0.4) is 0 Å². The van der Waals surface area contributed by atoms with Gasteiger partial charge in [-0.2, -0.15) is 0 Å². The number of rotatable bonds is 3. The molecule has 1 heterocycles. The van der Waals surface area contributed by atoms with Crippen molar-refractivity contribution in [1.82, 2.24) is 9.80 Å². The number of aliphatic hydroxyl groups excluding tert-OH is 1. The van der Waals surface area contributed by atoms with Gasteiger partial charge in [0.25, 0.3) is 0 Å². The number of amides is 1. The third-order valence-corrected chi connectivity index (χ3v) is 5.13. The lowest BCUT2D eigenvalue weighted by atomic mass is 10.0. The highest BCUT2D eigenvalue weighted by atomic mass is 16.3. The molecule has 3 atom stereocenters. The SMILES string of the molecule is O=C(C[C@@H]1C=CCC1)N1CCN([C@@H]2CCC[C@@H]2O)CC1. The number of piperazine rings is 1. The van der Waals surface area contributed by atoms with Crippen molar-refractivity contribution in [3.63, 3.8) is 0 Å². The minimum absolute atomic E-state index is 0.152. The van der Waals surface area contributed by atoms with Gasteiger partial charge in [0.2, 0.25) is 5.91 Å². The maximum Gasteiger partial charge on any atom is 0.223 e. The molecule has 0 bridgehead atoms. The van der Waals surface area contributed by atoms with Gasteiger partial charge in [0.1, 0.15) is 0 Å². The minimum atomic E-state index is -0.152. The Hall–Kier alpha value is -0.870. The van der Waals surface area contributed by atoms with E-state index in [2.05, 4.69) is 17.1 Å². The van der Waals surface area contributed by atoms with Crippen molar-refractivity contribution in [3.8, 4) is 0 Å². The Labute approximate surface area is 121 Å². The summed E-state index contributed by atoms with van der Waals surface area (Å²) in [6.07, 6.45) is 10.4. The summed E-state index contributed by atoms with van der Waals surface area (Å²) in [6.45, 7) is 3.51. The van der Waals surface area contributed by atoms with Crippen LogP contribution in [0, 0.1) is 5.92 Å². The van der Waals surface area contributed by atoms with Crippen LogP contribution in [0.4, 0.5) is 0 Å². The molecule has 1 N–H and O–H groups in total.